The van der Waals surface area contributed by atoms with Gasteiger partial charge in [0.05, 0.1) is 23.0 Å². The minimum Gasteiger partial charge on any atom is -0.379 e. The Morgan fingerprint density at radius 2 is 2.22 bits per heavy atom. The first-order valence-electron chi connectivity index (χ1n) is 7.75. The van der Waals surface area contributed by atoms with Crippen LogP contribution in [-0.4, -0.2) is 42.6 Å². The number of methoxy groups -OCH3 is 1. The van der Waals surface area contributed by atoms with E-state index in [2.05, 4.69) is 9.82 Å². The summed E-state index contributed by atoms with van der Waals surface area (Å²) in [5, 5.41) is 4.33. The number of hydrogen-bond donors (Lipinski definition) is 1. The topological polar surface area (TPSA) is 90.3 Å². The molecule has 0 saturated heterocycles. The average Bonchev–Trinajstić information content (AvgIpc) is 2.85. The Kier molecular flexibility index (Phi) is 5.15. The molecule has 0 saturated carbocycles. The van der Waals surface area contributed by atoms with Crippen molar-refractivity contribution in [2.75, 3.05) is 12.9 Å². The first-order chi connectivity index (χ1) is 10.6. The molecule has 0 aromatic carbocycles. The van der Waals surface area contributed by atoms with Gasteiger partial charge in [0.2, 0.25) is 15.9 Å². The number of amides is 1. The Hall–Kier alpha value is -1.41. The van der Waals surface area contributed by atoms with Crippen molar-refractivity contribution in [1.82, 2.24) is 14.5 Å². The molecule has 0 spiro atoms. The van der Waals surface area contributed by atoms with Gasteiger partial charge in [0.15, 0.2) is 0 Å². The quantitative estimate of drug-likeness (QED) is 0.835. The van der Waals surface area contributed by atoms with Crippen LogP contribution in [0.15, 0.2) is 6.20 Å². The van der Waals surface area contributed by atoms with Crippen molar-refractivity contribution < 1.29 is 17.9 Å². The van der Waals surface area contributed by atoms with Crippen molar-refractivity contribution in [3.8, 4) is 0 Å². The molecule has 2 rings (SSSR count). The first kappa shape index (κ1) is 17.9. The zero-order chi connectivity index (χ0) is 17.3. The minimum absolute atomic E-state index is 0.147. The first-order valence-corrected chi connectivity index (χ1v) is 9.41. The van der Waals surface area contributed by atoms with E-state index in [0.717, 1.165) is 24.1 Å². The molecule has 1 atom stereocenters. The second-order valence-corrected chi connectivity index (χ2v) is 8.49. The van der Waals surface area contributed by atoms with E-state index in [9.17, 15) is 13.2 Å². The van der Waals surface area contributed by atoms with Crippen molar-refractivity contribution in [3.05, 3.63) is 17.5 Å². The molecule has 0 unspecified atom stereocenters. The molecule has 1 heterocycles. The summed E-state index contributed by atoms with van der Waals surface area (Å²) in [5.41, 5.74) is 1.18. The maximum absolute atomic E-state index is 12.4. The van der Waals surface area contributed by atoms with Crippen LogP contribution >= 0.6 is 0 Å². The van der Waals surface area contributed by atoms with Crippen LogP contribution in [0, 0.1) is 0 Å². The number of rotatable bonds is 6. The highest BCUT2D eigenvalue weighted by Crippen LogP contribution is 2.31. The van der Waals surface area contributed by atoms with Crippen molar-refractivity contribution in [1.29, 1.82) is 0 Å². The second kappa shape index (κ2) is 6.60. The Labute approximate surface area is 137 Å². The van der Waals surface area contributed by atoms with Crippen molar-refractivity contribution in [2.24, 2.45) is 7.05 Å². The smallest absolute Gasteiger partial charge is 0.241 e. The molecule has 1 amide bonds. The SMILES string of the molecule is COC(C)(C)CCS(=O)(=O)NC(=O)[C@H]1CCCc2nn(C)cc21. The van der Waals surface area contributed by atoms with Gasteiger partial charge < -0.3 is 4.74 Å². The highest BCUT2D eigenvalue weighted by atomic mass is 32.2. The monoisotopic (exact) mass is 343 g/mol. The van der Waals surface area contributed by atoms with Gasteiger partial charge in [-0.2, -0.15) is 5.10 Å². The summed E-state index contributed by atoms with van der Waals surface area (Å²) in [5.74, 6) is -1.06. The van der Waals surface area contributed by atoms with Gasteiger partial charge in [-0.25, -0.2) is 8.42 Å². The molecule has 0 radical (unpaired) electrons. The van der Waals surface area contributed by atoms with Gasteiger partial charge in [0, 0.05) is 25.9 Å². The maximum atomic E-state index is 12.4. The largest absolute Gasteiger partial charge is 0.379 e. The fourth-order valence-corrected chi connectivity index (χ4v) is 4.01. The van der Waals surface area contributed by atoms with Crippen LogP contribution in [0.5, 0.6) is 0 Å². The third kappa shape index (κ3) is 4.54. The summed E-state index contributed by atoms with van der Waals surface area (Å²) in [6.45, 7) is 3.63. The maximum Gasteiger partial charge on any atom is 0.241 e. The second-order valence-electron chi connectivity index (χ2n) is 6.65. The van der Waals surface area contributed by atoms with E-state index in [1.165, 1.54) is 7.11 Å². The van der Waals surface area contributed by atoms with E-state index in [1.807, 2.05) is 13.8 Å². The molecule has 130 valence electrons. The fraction of sp³-hybridized carbons (Fsp3) is 0.733. The number of carbonyl (C=O) groups excluding carboxylic acids is 1. The van der Waals surface area contributed by atoms with E-state index in [1.54, 1.807) is 17.9 Å². The van der Waals surface area contributed by atoms with Crippen LogP contribution < -0.4 is 4.72 Å². The average molecular weight is 343 g/mol. The molecule has 0 bridgehead atoms. The molecule has 8 heteroatoms. The predicted molar refractivity (Wildman–Crippen MR) is 86.5 cm³/mol. The standard InChI is InChI=1S/C15H25N3O4S/c1-15(2,22-4)8-9-23(20,21)17-14(19)11-6-5-7-13-12(11)10-18(3)16-13/h10-11H,5-9H2,1-4H3,(H,17,19)/t11-/m0/s1. The highest BCUT2D eigenvalue weighted by Gasteiger charge is 2.31. The molecule has 1 aromatic heterocycles. The lowest BCUT2D eigenvalue weighted by Crippen LogP contribution is -2.39. The third-order valence-corrected chi connectivity index (χ3v) is 5.57. The Bertz CT molecular complexity index is 679. The van der Waals surface area contributed by atoms with Crippen molar-refractivity contribution in [3.63, 3.8) is 0 Å². The Balaban J connectivity index is 2.04. The molecule has 1 N–H and O–H groups in total. The Morgan fingerprint density at radius 3 is 2.87 bits per heavy atom. The van der Waals surface area contributed by atoms with Gasteiger partial charge in [-0.05, 0) is 39.5 Å². The Morgan fingerprint density at radius 1 is 1.52 bits per heavy atom. The number of hydrogen-bond acceptors (Lipinski definition) is 5. The zero-order valence-electron chi connectivity index (χ0n) is 14.1. The van der Waals surface area contributed by atoms with Crippen molar-refractivity contribution in [2.45, 2.75) is 51.0 Å². The third-order valence-electron chi connectivity index (χ3n) is 4.32. The number of ether oxygens (including phenoxy) is 1. The summed E-state index contributed by atoms with van der Waals surface area (Å²) in [7, 11) is -0.335. The normalized spacial score (nSPS) is 18.5. The summed E-state index contributed by atoms with van der Waals surface area (Å²) < 4.78 is 33.4. The number of sulfonamides is 1. The van der Waals surface area contributed by atoms with E-state index in [-0.39, 0.29) is 5.75 Å². The summed E-state index contributed by atoms with van der Waals surface area (Å²) in [6, 6.07) is 0. The van der Waals surface area contributed by atoms with Gasteiger partial charge >= 0.3 is 0 Å². The van der Waals surface area contributed by atoms with E-state index < -0.39 is 27.4 Å². The summed E-state index contributed by atoms with van der Waals surface area (Å²) in [6.07, 6.45) is 4.42. The number of aryl methyl sites for hydroxylation is 2. The van der Waals surface area contributed by atoms with Crippen molar-refractivity contribution >= 4 is 15.9 Å². The van der Waals surface area contributed by atoms with Gasteiger partial charge in [-0.3, -0.25) is 14.2 Å². The minimum atomic E-state index is -3.68. The van der Waals surface area contributed by atoms with Crippen LogP contribution in [0.1, 0.15) is 50.3 Å². The van der Waals surface area contributed by atoms with E-state index >= 15 is 0 Å². The van der Waals surface area contributed by atoms with E-state index in [0.29, 0.717) is 12.8 Å². The van der Waals surface area contributed by atoms with Gasteiger partial charge in [0.25, 0.3) is 0 Å². The van der Waals surface area contributed by atoms with Crippen LogP contribution in [0.3, 0.4) is 0 Å². The molecular weight excluding hydrogens is 318 g/mol. The summed E-state index contributed by atoms with van der Waals surface area (Å²) >= 11 is 0. The molecule has 23 heavy (non-hydrogen) atoms. The predicted octanol–water partition coefficient (Wildman–Crippen LogP) is 1.10. The van der Waals surface area contributed by atoms with Crippen LogP contribution in [-0.2, 0) is 33.0 Å². The number of nitrogens with zero attached hydrogens (tertiary/aromatic N) is 2. The molecule has 1 aliphatic carbocycles. The molecular formula is C15H25N3O4S. The lowest BCUT2D eigenvalue weighted by molar-refractivity contribution is -0.121. The van der Waals surface area contributed by atoms with E-state index in [4.69, 9.17) is 4.74 Å². The van der Waals surface area contributed by atoms with Gasteiger partial charge in [-0.1, -0.05) is 0 Å². The lowest BCUT2D eigenvalue weighted by atomic mass is 9.87. The molecule has 0 aliphatic heterocycles. The molecule has 1 aliphatic rings. The van der Waals surface area contributed by atoms with Crippen LogP contribution in [0.25, 0.3) is 0 Å². The summed E-state index contributed by atoms with van der Waals surface area (Å²) in [4.78, 5) is 12.4. The number of carbonyl (C=O) groups is 1. The number of fused-ring (bicyclic) bond motifs is 1. The van der Waals surface area contributed by atoms with Crippen LogP contribution in [0.4, 0.5) is 0 Å². The molecule has 7 nitrogen and oxygen atoms in total. The van der Waals surface area contributed by atoms with Gasteiger partial charge in [-0.15, -0.1) is 0 Å². The highest BCUT2D eigenvalue weighted by molar-refractivity contribution is 7.90. The molecule has 0 fully saturated rings. The fourth-order valence-electron chi connectivity index (χ4n) is 2.70. The number of nitrogens with one attached hydrogen (secondary N) is 1. The molecule has 1 aromatic rings. The van der Waals surface area contributed by atoms with Gasteiger partial charge in [0.1, 0.15) is 0 Å². The number of aromatic nitrogens is 2. The zero-order valence-corrected chi connectivity index (χ0v) is 14.9. The van der Waals surface area contributed by atoms with Crippen LogP contribution in [0.2, 0.25) is 0 Å². The lowest BCUT2D eigenvalue weighted by Gasteiger charge is -2.23.